The topological polar surface area (TPSA) is 12.4 Å². The van der Waals surface area contributed by atoms with Crippen molar-refractivity contribution in [1.29, 1.82) is 0 Å². The number of hydrogen-bond acceptors (Lipinski definition) is 1. The second-order valence-corrected chi connectivity index (χ2v) is 2.49. The van der Waals surface area contributed by atoms with Gasteiger partial charge in [0.1, 0.15) is 0 Å². The van der Waals surface area contributed by atoms with Gasteiger partial charge in [0.25, 0.3) is 0 Å². The Kier molecular flexibility index (Phi) is 8.51. The van der Waals surface area contributed by atoms with Gasteiger partial charge >= 0.3 is 0 Å². The molecule has 0 saturated heterocycles. The van der Waals surface area contributed by atoms with Crippen molar-refractivity contribution < 1.29 is 0 Å². The average Bonchev–Trinajstić information content (AvgIpc) is 2.03. The average molecular weight is 151 g/mol. The first-order valence-corrected chi connectivity index (χ1v) is 4.29. The Labute approximate surface area is 69.5 Å². The van der Waals surface area contributed by atoms with Crippen LogP contribution in [0, 0.1) is 0 Å². The molecule has 0 aromatic rings. The van der Waals surface area contributed by atoms with E-state index in [1.165, 1.54) is 31.9 Å². The van der Waals surface area contributed by atoms with Gasteiger partial charge in [-0.3, -0.25) is 0 Å². The van der Waals surface area contributed by atoms with E-state index in [1.807, 2.05) is 6.08 Å². The molecule has 0 spiro atoms. The zero-order valence-electron chi connectivity index (χ0n) is 7.34. The van der Waals surface area contributed by atoms with Crippen molar-refractivity contribution >= 4 is 5.87 Å². The molecule has 0 saturated carbocycles. The van der Waals surface area contributed by atoms with Gasteiger partial charge in [-0.1, -0.05) is 32.8 Å². The minimum Gasteiger partial charge on any atom is -0.215 e. The molecule has 0 unspecified atom stereocenters. The van der Waals surface area contributed by atoms with E-state index >= 15 is 0 Å². The largest absolute Gasteiger partial charge is 0.215 e. The maximum Gasteiger partial charge on any atom is 0.0296 e. The Bertz CT molecular complexity index is 141. The molecule has 0 atom stereocenters. The summed E-state index contributed by atoms with van der Waals surface area (Å²) < 4.78 is 0. The first kappa shape index (κ1) is 10.2. The zero-order valence-corrected chi connectivity index (χ0v) is 7.34. The van der Waals surface area contributed by atoms with Gasteiger partial charge < -0.3 is 0 Å². The fourth-order valence-corrected chi connectivity index (χ4v) is 0.843. The van der Waals surface area contributed by atoms with Crippen LogP contribution in [0.3, 0.4) is 0 Å². The molecule has 0 rings (SSSR count). The number of hydrogen-bond donors (Lipinski definition) is 0. The van der Waals surface area contributed by atoms with Crippen LogP contribution in [0.1, 0.15) is 39.0 Å². The highest BCUT2D eigenvalue weighted by Crippen LogP contribution is 2.01. The molecule has 1 nitrogen and oxygen atoms in total. The Morgan fingerprint density at radius 1 is 1.36 bits per heavy atom. The Morgan fingerprint density at radius 3 is 2.82 bits per heavy atom. The van der Waals surface area contributed by atoms with Crippen LogP contribution in [-0.4, -0.2) is 5.87 Å². The molecule has 62 valence electrons. The van der Waals surface area contributed by atoms with Crippen molar-refractivity contribution in [1.82, 2.24) is 0 Å². The molecule has 0 fully saturated rings. The summed E-state index contributed by atoms with van der Waals surface area (Å²) in [5.74, 6) is 2.79. The lowest BCUT2D eigenvalue weighted by Gasteiger charge is -1.91. The summed E-state index contributed by atoms with van der Waals surface area (Å²) in [6, 6.07) is 0. The molecule has 11 heavy (non-hydrogen) atoms. The van der Waals surface area contributed by atoms with Gasteiger partial charge in [0.15, 0.2) is 0 Å². The fourth-order valence-electron chi connectivity index (χ4n) is 0.843. The lowest BCUT2D eigenvalue weighted by Crippen LogP contribution is -1.73. The van der Waals surface area contributed by atoms with Crippen molar-refractivity contribution in [2.75, 3.05) is 0 Å². The van der Waals surface area contributed by atoms with Crippen LogP contribution in [0.5, 0.6) is 0 Å². The number of rotatable bonds is 6. The van der Waals surface area contributed by atoms with Crippen molar-refractivity contribution in [3.8, 4) is 0 Å². The van der Waals surface area contributed by atoms with Crippen LogP contribution in [0.2, 0.25) is 0 Å². The predicted octanol–water partition coefficient (Wildman–Crippen LogP) is 3.33. The van der Waals surface area contributed by atoms with Crippen LogP contribution >= 0.6 is 0 Å². The molecule has 0 heterocycles. The van der Waals surface area contributed by atoms with Gasteiger partial charge in [-0.15, -0.1) is 0 Å². The molecular weight excluding hydrogens is 134 g/mol. The van der Waals surface area contributed by atoms with Crippen molar-refractivity contribution in [3.63, 3.8) is 0 Å². The molecule has 0 radical (unpaired) electrons. The van der Waals surface area contributed by atoms with Gasteiger partial charge in [-0.2, -0.15) is 0 Å². The van der Waals surface area contributed by atoms with Crippen LogP contribution in [0.25, 0.3) is 0 Å². The SMILES string of the molecule is C=CN=C=CCCCCCC. The normalized spacial score (nSPS) is 8.45. The zero-order chi connectivity index (χ0) is 8.36. The van der Waals surface area contributed by atoms with Crippen LogP contribution in [0.4, 0.5) is 0 Å². The maximum absolute atomic E-state index is 3.75. The fraction of sp³-hybridized carbons (Fsp3) is 0.600. The molecule has 0 aliphatic rings. The second kappa shape index (κ2) is 9.19. The first-order chi connectivity index (χ1) is 5.41. The van der Waals surface area contributed by atoms with Gasteiger partial charge in [0.2, 0.25) is 0 Å². The number of unbranched alkanes of at least 4 members (excludes halogenated alkanes) is 4. The van der Waals surface area contributed by atoms with Crippen molar-refractivity contribution in [3.05, 3.63) is 18.9 Å². The van der Waals surface area contributed by atoms with Gasteiger partial charge in [-0.25, -0.2) is 4.99 Å². The minimum absolute atomic E-state index is 1.09. The molecule has 0 aliphatic carbocycles. The monoisotopic (exact) mass is 151 g/mol. The second-order valence-electron chi connectivity index (χ2n) is 2.49. The van der Waals surface area contributed by atoms with E-state index in [0.717, 1.165) is 6.42 Å². The van der Waals surface area contributed by atoms with E-state index in [4.69, 9.17) is 0 Å². The Balaban J connectivity index is 3.13. The van der Waals surface area contributed by atoms with Crippen molar-refractivity contribution in [2.24, 2.45) is 4.99 Å². The molecular formula is C10H17N. The Hall–Kier alpha value is -0.810. The lowest BCUT2D eigenvalue weighted by molar-refractivity contribution is 0.675. The third kappa shape index (κ3) is 9.19. The quantitative estimate of drug-likeness (QED) is 0.408. The lowest BCUT2D eigenvalue weighted by atomic mass is 10.2. The van der Waals surface area contributed by atoms with Crippen LogP contribution < -0.4 is 0 Å². The Morgan fingerprint density at radius 2 is 2.18 bits per heavy atom. The van der Waals surface area contributed by atoms with E-state index in [-0.39, 0.29) is 0 Å². The highest BCUT2D eigenvalue weighted by atomic mass is 14.6. The highest BCUT2D eigenvalue weighted by Gasteiger charge is 1.82. The predicted molar refractivity (Wildman–Crippen MR) is 51.0 cm³/mol. The molecule has 0 aliphatic heterocycles. The number of nitrogens with zero attached hydrogens (tertiary/aromatic N) is 1. The summed E-state index contributed by atoms with van der Waals surface area (Å²) in [5, 5.41) is 0. The van der Waals surface area contributed by atoms with Gasteiger partial charge in [0, 0.05) is 6.20 Å². The molecule has 0 aromatic carbocycles. The van der Waals surface area contributed by atoms with E-state index in [0.29, 0.717) is 0 Å². The molecule has 0 N–H and O–H groups in total. The highest BCUT2D eigenvalue weighted by molar-refractivity contribution is 5.52. The maximum atomic E-state index is 3.75. The van der Waals surface area contributed by atoms with Crippen LogP contribution in [0.15, 0.2) is 23.8 Å². The summed E-state index contributed by atoms with van der Waals surface area (Å²) in [6.45, 7) is 5.68. The van der Waals surface area contributed by atoms with E-state index in [9.17, 15) is 0 Å². The summed E-state index contributed by atoms with van der Waals surface area (Å²) in [5.41, 5.74) is 0. The third-order valence-electron chi connectivity index (χ3n) is 1.46. The molecule has 1 heteroatoms. The van der Waals surface area contributed by atoms with E-state index < -0.39 is 0 Å². The molecule has 0 aromatic heterocycles. The van der Waals surface area contributed by atoms with Gasteiger partial charge in [-0.05, 0) is 24.8 Å². The first-order valence-electron chi connectivity index (χ1n) is 4.29. The summed E-state index contributed by atoms with van der Waals surface area (Å²) >= 11 is 0. The summed E-state index contributed by atoms with van der Waals surface area (Å²) in [4.78, 5) is 3.75. The number of allylic oxidation sites excluding steroid dienone is 1. The summed E-state index contributed by atoms with van der Waals surface area (Å²) in [6.07, 6.45) is 9.78. The van der Waals surface area contributed by atoms with Crippen molar-refractivity contribution in [2.45, 2.75) is 39.0 Å². The summed E-state index contributed by atoms with van der Waals surface area (Å²) in [7, 11) is 0. The molecule has 0 amide bonds. The number of aliphatic imine (C=N–C) groups is 1. The van der Waals surface area contributed by atoms with Gasteiger partial charge in [0.05, 0.1) is 0 Å². The van der Waals surface area contributed by atoms with E-state index in [1.54, 1.807) is 0 Å². The smallest absolute Gasteiger partial charge is 0.0296 e. The third-order valence-corrected chi connectivity index (χ3v) is 1.46. The molecule has 0 bridgehead atoms. The van der Waals surface area contributed by atoms with E-state index in [2.05, 4.69) is 24.4 Å². The minimum atomic E-state index is 1.09. The van der Waals surface area contributed by atoms with Crippen LogP contribution in [-0.2, 0) is 0 Å². The standard InChI is InChI=1S/C10H17N/c1-3-5-6-7-8-9-10-11-4-2/h4,9H,2-3,5-8H2,1H3.